The number of nitrogens with one attached hydrogen (secondary N) is 1. The first kappa shape index (κ1) is 13.4. The molecule has 0 aromatic carbocycles. The van der Waals surface area contributed by atoms with Gasteiger partial charge >= 0.3 is 0 Å². The van der Waals surface area contributed by atoms with Crippen molar-refractivity contribution in [1.29, 1.82) is 0 Å². The van der Waals surface area contributed by atoms with Gasteiger partial charge in [-0.05, 0) is 42.9 Å². The molecule has 102 valence electrons. The van der Waals surface area contributed by atoms with Crippen LogP contribution in [-0.4, -0.2) is 16.3 Å². The van der Waals surface area contributed by atoms with Crippen molar-refractivity contribution >= 4 is 5.82 Å². The van der Waals surface area contributed by atoms with Crippen LogP contribution in [0.25, 0.3) is 0 Å². The zero-order valence-corrected chi connectivity index (χ0v) is 12.2. The minimum absolute atomic E-state index is 0.486. The molecule has 1 aliphatic carbocycles. The SMILES string of the molecule is Cn1ccc(NCC2CCC(C(C)(C)C)CC2)n1. The highest BCUT2D eigenvalue weighted by molar-refractivity contribution is 5.31. The van der Waals surface area contributed by atoms with E-state index in [0.29, 0.717) is 5.41 Å². The highest BCUT2D eigenvalue weighted by Gasteiger charge is 2.29. The van der Waals surface area contributed by atoms with Crippen LogP contribution in [0.3, 0.4) is 0 Å². The molecule has 1 N–H and O–H groups in total. The Balaban J connectivity index is 1.74. The zero-order chi connectivity index (χ0) is 13.2. The van der Waals surface area contributed by atoms with Crippen LogP contribution >= 0.6 is 0 Å². The Hall–Kier alpha value is -0.990. The summed E-state index contributed by atoms with van der Waals surface area (Å²) in [4.78, 5) is 0. The first-order valence-corrected chi connectivity index (χ1v) is 7.18. The average Bonchev–Trinajstić information content (AvgIpc) is 2.72. The van der Waals surface area contributed by atoms with E-state index in [-0.39, 0.29) is 0 Å². The van der Waals surface area contributed by atoms with E-state index in [0.717, 1.165) is 24.2 Å². The van der Waals surface area contributed by atoms with Gasteiger partial charge in [0.15, 0.2) is 0 Å². The molecule has 0 bridgehead atoms. The monoisotopic (exact) mass is 249 g/mol. The Morgan fingerprint density at radius 1 is 1.28 bits per heavy atom. The van der Waals surface area contributed by atoms with Crippen LogP contribution in [0.2, 0.25) is 0 Å². The molecular formula is C15H27N3. The van der Waals surface area contributed by atoms with Crippen LogP contribution in [0.15, 0.2) is 12.3 Å². The van der Waals surface area contributed by atoms with Crippen molar-refractivity contribution in [2.24, 2.45) is 24.3 Å². The van der Waals surface area contributed by atoms with Crippen molar-refractivity contribution in [3.8, 4) is 0 Å². The molecule has 0 atom stereocenters. The largest absolute Gasteiger partial charge is 0.368 e. The van der Waals surface area contributed by atoms with Crippen LogP contribution in [-0.2, 0) is 7.05 Å². The van der Waals surface area contributed by atoms with Crippen molar-refractivity contribution in [2.75, 3.05) is 11.9 Å². The highest BCUT2D eigenvalue weighted by Crippen LogP contribution is 2.39. The van der Waals surface area contributed by atoms with Gasteiger partial charge in [0.25, 0.3) is 0 Å². The first-order chi connectivity index (χ1) is 8.45. The predicted octanol–water partition coefficient (Wildman–Crippen LogP) is 3.68. The number of anilines is 1. The lowest BCUT2D eigenvalue weighted by atomic mass is 9.70. The summed E-state index contributed by atoms with van der Waals surface area (Å²) < 4.78 is 1.85. The molecule has 0 spiro atoms. The van der Waals surface area contributed by atoms with Crippen molar-refractivity contribution in [3.05, 3.63) is 12.3 Å². The van der Waals surface area contributed by atoms with Gasteiger partial charge in [0.2, 0.25) is 0 Å². The normalized spacial score (nSPS) is 25.1. The second-order valence-electron chi connectivity index (χ2n) is 6.84. The summed E-state index contributed by atoms with van der Waals surface area (Å²) >= 11 is 0. The van der Waals surface area contributed by atoms with Crippen LogP contribution < -0.4 is 5.32 Å². The van der Waals surface area contributed by atoms with Gasteiger partial charge in [0, 0.05) is 25.9 Å². The third-order valence-electron chi connectivity index (χ3n) is 4.36. The molecule has 18 heavy (non-hydrogen) atoms. The molecule has 3 nitrogen and oxygen atoms in total. The predicted molar refractivity (Wildman–Crippen MR) is 76.6 cm³/mol. The Labute approximate surface area is 111 Å². The van der Waals surface area contributed by atoms with Gasteiger partial charge in [-0.25, -0.2) is 0 Å². The molecule has 1 fully saturated rings. The fraction of sp³-hybridized carbons (Fsp3) is 0.800. The molecule has 2 rings (SSSR count). The Morgan fingerprint density at radius 3 is 2.44 bits per heavy atom. The summed E-state index contributed by atoms with van der Waals surface area (Å²) in [5, 5.41) is 7.81. The van der Waals surface area contributed by atoms with Gasteiger partial charge in [-0.15, -0.1) is 0 Å². The summed E-state index contributed by atoms with van der Waals surface area (Å²) in [7, 11) is 1.96. The lowest BCUT2D eigenvalue weighted by molar-refractivity contribution is 0.153. The van der Waals surface area contributed by atoms with E-state index in [1.54, 1.807) is 0 Å². The number of hydrogen-bond donors (Lipinski definition) is 1. The fourth-order valence-electron chi connectivity index (χ4n) is 2.99. The molecular weight excluding hydrogens is 222 g/mol. The van der Waals surface area contributed by atoms with E-state index >= 15 is 0 Å². The van der Waals surface area contributed by atoms with Gasteiger partial charge in [-0.1, -0.05) is 20.8 Å². The number of aromatic nitrogens is 2. The minimum Gasteiger partial charge on any atom is -0.368 e. The van der Waals surface area contributed by atoms with E-state index < -0.39 is 0 Å². The van der Waals surface area contributed by atoms with Gasteiger partial charge in [0.05, 0.1) is 0 Å². The van der Waals surface area contributed by atoms with Crippen molar-refractivity contribution in [1.82, 2.24) is 9.78 Å². The molecule has 0 saturated heterocycles. The number of rotatable bonds is 3. The zero-order valence-electron chi connectivity index (χ0n) is 12.2. The molecule has 0 radical (unpaired) electrons. The van der Waals surface area contributed by atoms with E-state index in [2.05, 4.69) is 31.2 Å². The lowest BCUT2D eigenvalue weighted by Gasteiger charge is -2.37. The topological polar surface area (TPSA) is 29.9 Å². The van der Waals surface area contributed by atoms with Crippen molar-refractivity contribution in [3.63, 3.8) is 0 Å². The Morgan fingerprint density at radius 2 is 1.94 bits per heavy atom. The Bertz CT molecular complexity index is 367. The second kappa shape index (κ2) is 5.33. The Kier molecular flexibility index (Phi) is 3.98. The van der Waals surface area contributed by atoms with Crippen LogP contribution in [0.5, 0.6) is 0 Å². The first-order valence-electron chi connectivity index (χ1n) is 7.18. The quantitative estimate of drug-likeness (QED) is 0.885. The maximum absolute atomic E-state index is 4.35. The summed E-state index contributed by atoms with van der Waals surface area (Å²) in [5.74, 6) is 2.74. The average molecular weight is 249 g/mol. The highest BCUT2D eigenvalue weighted by atomic mass is 15.3. The van der Waals surface area contributed by atoms with Crippen molar-refractivity contribution < 1.29 is 0 Å². The molecule has 0 aliphatic heterocycles. The number of aryl methyl sites for hydroxylation is 1. The molecule has 1 aromatic rings. The van der Waals surface area contributed by atoms with Crippen LogP contribution in [0.4, 0.5) is 5.82 Å². The summed E-state index contributed by atoms with van der Waals surface area (Å²) in [6.45, 7) is 8.21. The second-order valence-corrected chi connectivity index (χ2v) is 6.84. The van der Waals surface area contributed by atoms with E-state index in [1.807, 2.05) is 24.0 Å². The third kappa shape index (κ3) is 3.50. The standard InChI is InChI=1S/C15H27N3/c1-15(2,3)13-7-5-12(6-8-13)11-16-14-9-10-18(4)17-14/h9-10,12-13H,5-8,11H2,1-4H3,(H,16,17). The molecule has 0 amide bonds. The lowest BCUT2D eigenvalue weighted by Crippen LogP contribution is -2.28. The van der Waals surface area contributed by atoms with Crippen LogP contribution in [0, 0.1) is 17.3 Å². The maximum Gasteiger partial charge on any atom is 0.147 e. The van der Waals surface area contributed by atoms with Gasteiger partial charge in [-0.3, -0.25) is 4.68 Å². The smallest absolute Gasteiger partial charge is 0.147 e. The summed E-state index contributed by atoms with van der Waals surface area (Å²) in [6, 6.07) is 2.04. The molecule has 1 aliphatic rings. The molecule has 1 heterocycles. The van der Waals surface area contributed by atoms with E-state index in [4.69, 9.17) is 0 Å². The van der Waals surface area contributed by atoms with Crippen LogP contribution in [0.1, 0.15) is 46.5 Å². The van der Waals surface area contributed by atoms with E-state index in [1.165, 1.54) is 25.7 Å². The molecule has 0 unspecified atom stereocenters. The molecule has 1 saturated carbocycles. The number of nitrogens with zero attached hydrogens (tertiary/aromatic N) is 2. The molecule has 3 heteroatoms. The maximum atomic E-state index is 4.35. The molecule has 1 aromatic heterocycles. The summed E-state index contributed by atoms with van der Waals surface area (Å²) in [5.41, 5.74) is 0.486. The fourth-order valence-corrected chi connectivity index (χ4v) is 2.99. The number of hydrogen-bond acceptors (Lipinski definition) is 2. The summed E-state index contributed by atoms with van der Waals surface area (Å²) in [6.07, 6.45) is 7.48. The van der Waals surface area contributed by atoms with Gasteiger partial charge < -0.3 is 5.32 Å². The minimum atomic E-state index is 0.486. The van der Waals surface area contributed by atoms with Crippen molar-refractivity contribution in [2.45, 2.75) is 46.5 Å². The van der Waals surface area contributed by atoms with Gasteiger partial charge in [0.1, 0.15) is 5.82 Å². The third-order valence-corrected chi connectivity index (χ3v) is 4.36. The van der Waals surface area contributed by atoms with E-state index in [9.17, 15) is 0 Å². The van der Waals surface area contributed by atoms with Gasteiger partial charge in [-0.2, -0.15) is 5.10 Å².